The Morgan fingerprint density at radius 2 is 1.57 bits per heavy atom. The number of hydrogen-bond donors (Lipinski definition) is 4. The zero-order valence-corrected chi connectivity index (χ0v) is 31.2. The Morgan fingerprint density at radius 1 is 0.946 bits per heavy atom. The van der Waals surface area contributed by atoms with Crippen LogP contribution in [-0.4, -0.2) is 86.3 Å². The van der Waals surface area contributed by atoms with Gasteiger partial charge in [0, 0.05) is 18.7 Å². The van der Waals surface area contributed by atoms with E-state index in [9.17, 15) is 32.3 Å². The highest BCUT2D eigenvalue weighted by Gasteiger charge is 2.44. The molecule has 0 radical (unpaired) electrons. The molecule has 7 rings (SSSR count). The number of carbonyl (C=O) groups excluding carboxylic acids is 4. The molecule has 16 heteroatoms. The fraction of sp³-hybridized carbons (Fsp3) is 0.450. The molecule has 0 bridgehead atoms. The monoisotopic (exact) mass is 774 g/mol. The van der Waals surface area contributed by atoms with Crippen molar-refractivity contribution < 1.29 is 37.1 Å². The molecule has 13 nitrogen and oxygen atoms in total. The van der Waals surface area contributed by atoms with E-state index in [4.69, 9.17) is 4.74 Å². The van der Waals surface area contributed by atoms with Gasteiger partial charge in [-0.3, -0.25) is 14.4 Å². The molecule has 1 saturated heterocycles. The van der Waals surface area contributed by atoms with Crippen molar-refractivity contribution in [1.29, 1.82) is 0 Å². The number of nitrogens with zero attached hydrogens (tertiary/aromatic N) is 4. The predicted octanol–water partition coefficient (Wildman–Crippen LogP) is 6.21. The van der Waals surface area contributed by atoms with Crippen LogP contribution in [0.1, 0.15) is 75.3 Å². The van der Waals surface area contributed by atoms with Gasteiger partial charge in [-0.25, -0.2) is 14.8 Å². The molecule has 4 aromatic rings. The number of amides is 4. The Labute approximate surface area is 321 Å². The second kappa shape index (κ2) is 16.2. The molecule has 4 N–H and O–H groups in total. The van der Waals surface area contributed by atoms with Gasteiger partial charge in [0.15, 0.2) is 5.69 Å². The quantitative estimate of drug-likeness (QED) is 0.104. The van der Waals surface area contributed by atoms with Crippen LogP contribution in [0.5, 0.6) is 0 Å². The topological polar surface area (TPSA) is 165 Å². The number of methoxy groups -OCH3 is 1. The van der Waals surface area contributed by atoms with Crippen LogP contribution in [0.3, 0.4) is 0 Å². The molecule has 2 saturated carbocycles. The van der Waals surface area contributed by atoms with Crippen LogP contribution in [0.25, 0.3) is 33.6 Å². The van der Waals surface area contributed by atoms with E-state index in [0.29, 0.717) is 31.7 Å². The standard InChI is InChI=1S/C40H45F3N8O5/c1-3-18-50(37(53)33(45-22-52)27-14-15-27)21-31-47-32(35(48-31)40(41,42)43)26-12-8-24(9-13-26)23-6-10-25(11-7-23)29-20-44-36(46-29)30-5-4-19-51(30)38(54)34(28-16-17-28)49-39(55)56-2/h6-13,20,22,27-28,30,33-34H,3-5,14-19,21H2,1-2H3,(H,44,46)(H,45,52)(H,47,48)(H,49,55)/t30-,33?,34?/m0/s1. The van der Waals surface area contributed by atoms with Gasteiger partial charge < -0.3 is 35.1 Å². The normalized spacial score (nSPS) is 17.9. The molecule has 1 aliphatic heterocycles. The van der Waals surface area contributed by atoms with Gasteiger partial charge in [-0.05, 0) is 73.5 Å². The first kappa shape index (κ1) is 38.6. The molecule has 2 aromatic heterocycles. The summed E-state index contributed by atoms with van der Waals surface area (Å²) in [4.78, 5) is 68.0. The van der Waals surface area contributed by atoms with Crippen LogP contribution in [-0.2, 0) is 31.8 Å². The number of hydrogen-bond acceptors (Lipinski definition) is 7. The molecule has 3 atom stereocenters. The highest BCUT2D eigenvalue weighted by molar-refractivity contribution is 5.87. The van der Waals surface area contributed by atoms with Crippen molar-refractivity contribution in [2.45, 2.75) is 82.7 Å². The summed E-state index contributed by atoms with van der Waals surface area (Å²) in [6.07, 6.45) is 2.34. The van der Waals surface area contributed by atoms with Crippen LogP contribution in [0.15, 0.2) is 54.7 Å². The number of halogens is 3. The summed E-state index contributed by atoms with van der Waals surface area (Å²) in [6.45, 7) is 2.58. The minimum atomic E-state index is -4.74. The van der Waals surface area contributed by atoms with Gasteiger partial charge in [-0.1, -0.05) is 55.5 Å². The van der Waals surface area contributed by atoms with Gasteiger partial charge in [-0.2, -0.15) is 13.2 Å². The van der Waals surface area contributed by atoms with Crippen LogP contribution in [0.2, 0.25) is 0 Å². The molecule has 4 amide bonds. The highest BCUT2D eigenvalue weighted by atomic mass is 19.4. The largest absolute Gasteiger partial charge is 0.453 e. The van der Waals surface area contributed by atoms with Gasteiger partial charge in [0.25, 0.3) is 0 Å². The maximum Gasteiger partial charge on any atom is 0.435 e. The van der Waals surface area contributed by atoms with Crippen molar-refractivity contribution >= 4 is 24.3 Å². The number of alkyl halides is 3. The predicted molar refractivity (Wildman–Crippen MR) is 199 cm³/mol. The summed E-state index contributed by atoms with van der Waals surface area (Å²) in [7, 11) is 1.28. The van der Waals surface area contributed by atoms with Gasteiger partial charge in [0.2, 0.25) is 18.2 Å². The Morgan fingerprint density at radius 3 is 2.16 bits per heavy atom. The second-order valence-electron chi connectivity index (χ2n) is 14.7. The Hall–Kier alpha value is -5.67. The van der Waals surface area contributed by atoms with E-state index >= 15 is 0 Å². The number of H-pyrrole nitrogens is 2. The number of ether oxygens (including phenoxy) is 1. The average molecular weight is 775 g/mol. The van der Waals surface area contributed by atoms with Crippen molar-refractivity contribution in [2.24, 2.45) is 11.8 Å². The van der Waals surface area contributed by atoms with E-state index in [1.807, 2.05) is 31.2 Å². The zero-order chi connectivity index (χ0) is 39.6. The lowest BCUT2D eigenvalue weighted by Crippen LogP contribution is -2.49. The summed E-state index contributed by atoms with van der Waals surface area (Å²) in [6, 6.07) is 12.8. The zero-order valence-electron chi connectivity index (χ0n) is 31.2. The number of likely N-dealkylation sites (tertiary alicyclic amines) is 1. The number of alkyl carbamates (subject to hydrolysis) is 1. The third-order valence-electron chi connectivity index (χ3n) is 10.7. The first-order chi connectivity index (χ1) is 27.0. The molecule has 3 fully saturated rings. The lowest BCUT2D eigenvalue weighted by molar-refractivity contribution is -0.140. The van der Waals surface area contributed by atoms with Crippen molar-refractivity contribution in [3.8, 4) is 33.6 Å². The summed E-state index contributed by atoms with van der Waals surface area (Å²) in [5.74, 6) is 0.325. The van der Waals surface area contributed by atoms with Crippen LogP contribution in [0.4, 0.5) is 18.0 Å². The molecule has 2 unspecified atom stereocenters. The van der Waals surface area contributed by atoms with E-state index in [1.165, 1.54) is 12.0 Å². The third-order valence-corrected chi connectivity index (χ3v) is 10.7. The Kier molecular flexibility index (Phi) is 11.2. The number of benzene rings is 2. The number of imidazole rings is 2. The van der Waals surface area contributed by atoms with E-state index < -0.39 is 30.0 Å². The van der Waals surface area contributed by atoms with Gasteiger partial charge in [0.05, 0.1) is 37.3 Å². The van der Waals surface area contributed by atoms with Crippen LogP contribution in [0, 0.1) is 11.8 Å². The number of aromatic amines is 2. The van der Waals surface area contributed by atoms with Gasteiger partial charge >= 0.3 is 12.3 Å². The summed E-state index contributed by atoms with van der Waals surface area (Å²) in [5.41, 5.74) is 2.30. The van der Waals surface area contributed by atoms with E-state index in [-0.39, 0.29) is 53.3 Å². The molecule has 56 heavy (non-hydrogen) atoms. The third kappa shape index (κ3) is 8.43. The van der Waals surface area contributed by atoms with Crippen molar-refractivity contribution in [1.82, 2.24) is 40.4 Å². The minimum absolute atomic E-state index is 0.00155. The van der Waals surface area contributed by atoms with Crippen molar-refractivity contribution in [2.75, 3.05) is 20.2 Å². The van der Waals surface area contributed by atoms with Gasteiger partial charge in [-0.15, -0.1) is 0 Å². The maximum absolute atomic E-state index is 14.3. The number of rotatable bonds is 15. The molecule has 2 aliphatic carbocycles. The molecule has 296 valence electrons. The molecule has 2 aromatic carbocycles. The number of aromatic nitrogens is 4. The van der Waals surface area contributed by atoms with Crippen molar-refractivity contribution in [3.05, 3.63) is 72.1 Å². The average Bonchev–Trinajstić information content (AvgIpc) is 4.06. The summed E-state index contributed by atoms with van der Waals surface area (Å²) >= 11 is 0. The minimum Gasteiger partial charge on any atom is -0.453 e. The smallest absolute Gasteiger partial charge is 0.435 e. The van der Waals surface area contributed by atoms with Crippen molar-refractivity contribution in [3.63, 3.8) is 0 Å². The SMILES string of the molecule is CCCN(Cc1nc(C(F)(F)F)c(-c2ccc(-c3ccc(-c4cnc([C@@H]5CCCN5C(=O)C(NC(=O)OC)C5CC5)[nH]4)cc3)cc2)[nH]1)C(=O)C(NC=O)C1CC1. The summed E-state index contributed by atoms with van der Waals surface area (Å²) in [5, 5.41) is 5.30. The Bertz CT molecular complexity index is 2040. The molecule has 3 aliphatic rings. The van der Waals surface area contributed by atoms with Crippen LogP contribution >= 0.6 is 0 Å². The first-order valence-corrected chi connectivity index (χ1v) is 19.0. The molecule has 0 spiro atoms. The molecule has 3 heterocycles. The van der Waals surface area contributed by atoms with E-state index in [2.05, 4.69) is 30.6 Å². The second-order valence-corrected chi connectivity index (χ2v) is 14.7. The highest BCUT2D eigenvalue weighted by Crippen LogP contribution is 2.39. The summed E-state index contributed by atoms with van der Waals surface area (Å²) < 4.78 is 47.5. The molecular weight excluding hydrogens is 729 g/mol. The maximum atomic E-state index is 14.3. The fourth-order valence-electron chi connectivity index (χ4n) is 7.55. The van der Waals surface area contributed by atoms with Crippen LogP contribution < -0.4 is 10.6 Å². The number of nitrogens with one attached hydrogen (secondary N) is 4. The van der Waals surface area contributed by atoms with Gasteiger partial charge in [0.1, 0.15) is 23.7 Å². The number of carbonyl (C=O) groups is 4. The first-order valence-electron chi connectivity index (χ1n) is 19.0. The Balaban J connectivity index is 1.04. The fourth-order valence-corrected chi connectivity index (χ4v) is 7.55. The molecular formula is C40H45F3N8O5. The lowest BCUT2D eigenvalue weighted by Gasteiger charge is -2.28. The van der Waals surface area contributed by atoms with E-state index in [0.717, 1.165) is 60.9 Å². The lowest BCUT2D eigenvalue weighted by atomic mass is 10.0. The van der Waals surface area contributed by atoms with E-state index in [1.54, 1.807) is 35.4 Å².